The Morgan fingerprint density at radius 2 is 0.863 bits per heavy atom. The maximum Gasteiger partial charge on any atom is 0.135 e. The van der Waals surface area contributed by atoms with Gasteiger partial charge in [-0.1, -0.05) is 115 Å². The molecule has 0 fully saturated rings. The van der Waals surface area contributed by atoms with E-state index in [2.05, 4.69) is 179 Å². The zero-order valence-electron chi connectivity index (χ0n) is 27.6. The van der Waals surface area contributed by atoms with Gasteiger partial charge >= 0.3 is 0 Å². The van der Waals surface area contributed by atoms with Crippen molar-refractivity contribution < 1.29 is 4.42 Å². The molecule has 0 radical (unpaired) electrons. The highest BCUT2D eigenvalue weighted by Gasteiger charge is 2.18. The molecule has 0 saturated heterocycles. The highest BCUT2D eigenvalue weighted by molar-refractivity contribution is 6.13. The first-order valence-corrected chi connectivity index (χ1v) is 17.4. The first-order chi connectivity index (χ1) is 25.3. The summed E-state index contributed by atoms with van der Waals surface area (Å²) in [4.78, 5) is 0. The standard InChI is InChI=1S/C48H30N2O/c1-2-12-31(13-3-1)35-14-4-8-18-42(35)50-44-20-10-6-16-37(44)40-29-33(23-26-46(40)50)32-22-25-45-39(28-32)36-15-5-9-19-43(36)49(45)34-24-27-48-41(30-34)38-17-7-11-21-47(38)51-48/h1-30H. The summed E-state index contributed by atoms with van der Waals surface area (Å²) in [5.74, 6) is 0. The van der Waals surface area contributed by atoms with E-state index >= 15 is 0 Å². The number of furan rings is 1. The van der Waals surface area contributed by atoms with Gasteiger partial charge in [-0.25, -0.2) is 0 Å². The predicted molar refractivity (Wildman–Crippen MR) is 213 cm³/mol. The van der Waals surface area contributed by atoms with Crippen molar-refractivity contribution in [2.75, 3.05) is 0 Å². The van der Waals surface area contributed by atoms with Crippen LogP contribution in [0.5, 0.6) is 0 Å². The van der Waals surface area contributed by atoms with Crippen LogP contribution < -0.4 is 0 Å². The third-order valence-electron chi connectivity index (χ3n) is 10.5. The fourth-order valence-electron chi connectivity index (χ4n) is 8.23. The van der Waals surface area contributed by atoms with E-state index in [4.69, 9.17) is 4.42 Å². The van der Waals surface area contributed by atoms with Crippen LogP contribution in [-0.2, 0) is 0 Å². The molecule has 3 heterocycles. The van der Waals surface area contributed by atoms with Gasteiger partial charge in [0.1, 0.15) is 11.2 Å². The van der Waals surface area contributed by atoms with Crippen molar-refractivity contribution in [1.82, 2.24) is 9.13 Å². The Bertz CT molecular complexity index is 3140. The third kappa shape index (κ3) is 4.19. The average Bonchev–Trinajstić information content (AvgIpc) is 3.85. The van der Waals surface area contributed by atoms with E-state index in [1.54, 1.807) is 0 Å². The lowest BCUT2D eigenvalue weighted by Crippen LogP contribution is -1.97. The van der Waals surface area contributed by atoms with E-state index in [1.165, 1.54) is 71.6 Å². The molecule has 0 unspecified atom stereocenters. The van der Waals surface area contributed by atoms with Crippen molar-refractivity contribution in [3.63, 3.8) is 0 Å². The Kier molecular flexibility index (Phi) is 5.96. The Hall–Kier alpha value is -6.84. The second kappa shape index (κ2) is 10.8. The second-order valence-electron chi connectivity index (χ2n) is 13.3. The van der Waals surface area contributed by atoms with Gasteiger partial charge < -0.3 is 13.6 Å². The van der Waals surface area contributed by atoms with Gasteiger partial charge in [-0.15, -0.1) is 0 Å². The lowest BCUT2D eigenvalue weighted by atomic mass is 10.0. The van der Waals surface area contributed by atoms with Crippen LogP contribution in [0.25, 0.3) is 99.2 Å². The number of benzene rings is 8. The first-order valence-electron chi connectivity index (χ1n) is 17.4. The summed E-state index contributed by atoms with van der Waals surface area (Å²) in [5.41, 5.74) is 13.7. The van der Waals surface area contributed by atoms with E-state index in [0.29, 0.717) is 0 Å². The van der Waals surface area contributed by atoms with Gasteiger partial charge in [0.05, 0.1) is 27.8 Å². The van der Waals surface area contributed by atoms with Gasteiger partial charge in [-0.3, -0.25) is 0 Å². The molecule has 0 aliphatic rings. The Balaban J connectivity index is 1.09. The number of rotatable bonds is 4. The van der Waals surface area contributed by atoms with Crippen LogP contribution in [0.4, 0.5) is 0 Å². The Morgan fingerprint density at radius 3 is 1.61 bits per heavy atom. The smallest absolute Gasteiger partial charge is 0.135 e. The van der Waals surface area contributed by atoms with Crippen LogP contribution in [0.15, 0.2) is 186 Å². The molecule has 3 nitrogen and oxygen atoms in total. The SMILES string of the molecule is c1ccc(-c2ccccc2-n2c3ccccc3c3cc(-c4ccc5c(c4)c4ccccc4n5-c4ccc5oc6ccccc6c5c4)ccc32)cc1. The minimum absolute atomic E-state index is 0.906. The van der Waals surface area contributed by atoms with Crippen LogP contribution in [0.3, 0.4) is 0 Å². The van der Waals surface area contributed by atoms with Crippen LogP contribution in [0.2, 0.25) is 0 Å². The molecule has 0 atom stereocenters. The van der Waals surface area contributed by atoms with Gasteiger partial charge in [-0.2, -0.15) is 0 Å². The van der Waals surface area contributed by atoms with Crippen molar-refractivity contribution in [3.8, 4) is 33.6 Å². The maximum absolute atomic E-state index is 6.16. The molecule has 8 aromatic carbocycles. The topological polar surface area (TPSA) is 23.0 Å². The number of hydrogen-bond acceptors (Lipinski definition) is 1. The molecular weight excluding hydrogens is 621 g/mol. The van der Waals surface area contributed by atoms with E-state index in [0.717, 1.165) is 27.6 Å². The Labute approximate surface area is 293 Å². The molecule has 0 saturated carbocycles. The number of nitrogens with zero attached hydrogens (tertiary/aromatic N) is 2. The molecule has 0 spiro atoms. The second-order valence-corrected chi connectivity index (χ2v) is 13.3. The minimum Gasteiger partial charge on any atom is -0.456 e. The summed E-state index contributed by atoms with van der Waals surface area (Å²) < 4.78 is 11.0. The van der Waals surface area contributed by atoms with Crippen LogP contribution >= 0.6 is 0 Å². The summed E-state index contributed by atoms with van der Waals surface area (Å²) in [7, 11) is 0. The maximum atomic E-state index is 6.16. The fourth-order valence-corrected chi connectivity index (χ4v) is 8.23. The summed E-state index contributed by atoms with van der Waals surface area (Å²) in [6.07, 6.45) is 0. The summed E-state index contributed by atoms with van der Waals surface area (Å²) >= 11 is 0. The molecule has 0 bridgehead atoms. The molecule has 0 amide bonds. The highest BCUT2D eigenvalue weighted by Crippen LogP contribution is 2.40. The molecule has 3 heteroatoms. The van der Waals surface area contributed by atoms with Crippen molar-refractivity contribution in [2.45, 2.75) is 0 Å². The van der Waals surface area contributed by atoms with E-state index in [-0.39, 0.29) is 0 Å². The van der Waals surface area contributed by atoms with E-state index in [1.807, 2.05) is 12.1 Å². The largest absolute Gasteiger partial charge is 0.456 e. The van der Waals surface area contributed by atoms with Gasteiger partial charge in [0.15, 0.2) is 0 Å². The highest BCUT2D eigenvalue weighted by atomic mass is 16.3. The van der Waals surface area contributed by atoms with Crippen LogP contribution in [0.1, 0.15) is 0 Å². The molecule has 51 heavy (non-hydrogen) atoms. The summed E-state index contributed by atoms with van der Waals surface area (Å²) in [6.45, 7) is 0. The first kappa shape index (κ1) is 28.0. The molecule has 238 valence electrons. The zero-order chi connectivity index (χ0) is 33.5. The van der Waals surface area contributed by atoms with Crippen LogP contribution in [-0.4, -0.2) is 9.13 Å². The van der Waals surface area contributed by atoms with Gasteiger partial charge in [-0.05, 0) is 83.4 Å². The third-order valence-corrected chi connectivity index (χ3v) is 10.5. The molecule has 0 N–H and O–H groups in total. The van der Waals surface area contributed by atoms with Gasteiger partial charge in [0.2, 0.25) is 0 Å². The van der Waals surface area contributed by atoms with E-state index < -0.39 is 0 Å². The van der Waals surface area contributed by atoms with Crippen LogP contribution in [0, 0.1) is 0 Å². The lowest BCUT2D eigenvalue weighted by Gasteiger charge is -2.14. The van der Waals surface area contributed by atoms with Crippen molar-refractivity contribution in [1.29, 1.82) is 0 Å². The molecular formula is C48H30N2O. The molecule has 3 aromatic heterocycles. The molecule has 0 aliphatic heterocycles. The number of para-hydroxylation sites is 4. The predicted octanol–water partition coefficient (Wildman–Crippen LogP) is 13.1. The number of fused-ring (bicyclic) bond motifs is 9. The zero-order valence-corrected chi connectivity index (χ0v) is 27.6. The van der Waals surface area contributed by atoms with Gasteiger partial charge in [0.25, 0.3) is 0 Å². The fraction of sp³-hybridized carbons (Fsp3) is 0. The van der Waals surface area contributed by atoms with Crippen molar-refractivity contribution in [2.24, 2.45) is 0 Å². The number of aromatic nitrogens is 2. The Morgan fingerprint density at radius 1 is 0.314 bits per heavy atom. The van der Waals surface area contributed by atoms with Crippen molar-refractivity contribution in [3.05, 3.63) is 182 Å². The molecule has 11 aromatic rings. The normalized spacial score (nSPS) is 11.9. The molecule has 11 rings (SSSR count). The number of hydrogen-bond donors (Lipinski definition) is 0. The summed E-state index contributed by atoms with van der Waals surface area (Å²) in [5, 5.41) is 7.23. The van der Waals surface area contributed by atoms with Crippen molar-refractivity contribution >= 4 is 65.6 Å². The van der Waals surface area contributed by atoms with Gasteiger partial charge in [0, 0.05) is 43.6 Å². The average molecular weight is 651 g/mol. The minimum atomic E-state index is 0.906. The lowest BCUT2D eigenvalue weighted by molar-refractivity contribution is 0.669. The summed E-state index contributed by atoms with van der Waals surface area (Å²) in [6, 6.07) is 65.6. The molecule has 0 aliphatic carbocycles. The van der Waals surface area contributed by atoms with E-state index in [9.17, 15) is 0 Å². The quantitative estimate of drug-likeness (QED) is 0.186. The monoisotopic (exact) mass is 650 g/mol.